The summed E-state index contributed by atoms with van der Waals surface area (Å²) in [6.07, 6.45) is 2.53. The zero-order chi connectivity index (χ0) is 17.5. The minimum Gasteiger partial charge on any atom is -0.481 e. The van der Waals surface area contributed by atoms with E-state index in [9.17, 15) is 9.59 Å². The number of piperidine rings is 1. The van der Waals surface area contributed by atoms with Crippen LogP contribution in [0.4, 0.5) is 0 Å². The van der Waals surface area contributed by atoms with E-state index in [-0.39, 0.29) is 18.4 Å². The number of likely N-dealkylation sites (tertiary alicyclic amines) is 1. The zero-order valence-electron chi connectivity index (χ0n) is 13.8. The number of carboxylic acid groups (broad SMARTS) is 1. The lowest BCUT2D eigenvalue weighted by atomic mass is 9.97. The van der Waals surface area contributed by atoms with Crippen molar-refractivity contribution in [2.45, 2.75) is 51.2 Å². The molecule has 24 heavy (non-hydrogen) atoms. The van der Waals surface area contributed by atoms with E-state index in [0.29, 0.717) is 24.3 Å². The van der Waals surface area contributed by atoms with Crippen LogP contribution >= 0.6 is 0 Å². The fourth-order valence-electron chi connectivity index (χ4n) is 3.02. The van der Waals surface area contributed by atoms with Gasteiger partial charge >= 0.3 is 5.97 Å². The Labute approximate surface area is 141 Å². The summed E-state index contributed by atoms with van der Waals surface area (Å²) in [4.78, 5) is 25.3. The van der Waals surface area contributed by atoms with Crippen molar-refractivity contribution in [2.24, 2.45) is 0 Å². The van der Waals surface area contributed by atoms with E-state index in [1.165, 1.54) is 0 Å². The van der Waals surface area contributed by atoms with Gasteiger partial charge in [-0.1, -0.05) is 12.1 Å². The van der Waals surface area contributed by atoms with Crippen LogP contribution in [0, 0.1) is 11.3 Å². The Morgan fingerprint density at radius 3 is 2.88 bits per heavy atom. The van der Waals surface area contributed by atoms with Crippen molar-refractivity contribution >= 4 is 11.9 Å². The summed E-state index contributed by atoms with van der Waals surface area (Å²) < 4.78 is 5.70. The molecule has 0 aliphatic carbocycles. The molecule has 128 valence electrons. The van der Waals surface area contributed by atoms with Crippen LogP contribution in [0.25, 0.3) is 0 Å². The van der Waals surface area contributed by atoms with Crippen molar-refractivity contribution in [3.63, 3.8) is 0 Å². The van der Waals surface area contributed by atoms with E-state index in [1.54, 1.807) is 36.1 Å². The average molecular weight is 330 g/mol. The van der Waals surface area contributed by atoms with E-state index in [1.807, 2.05) is 6.07 Å². The molecule has 2 atom stereocenters. The second-order valence-electron chi connectivity index (χ2n) is 5.98. The molecule has 1 aromatic rings. The standard InChI is InChI=1S/C18H22N2O4/c1-13(24-16-8-3-2-6-14(16)12-19)18(23)20-11-5-4-7-15(20)9-10-17(21)22/h2-3,6,8,13,15H,4-5,7,9-11H2,1H3,(H,21,22)/t13-,15+/m1/s1. The van der Waals surface area contributed by atoms with Crippen LogP contribution in [0.5, 0.6) is 5.75 Å². The number of carbonyl (C=O) groups excluding carboxylic acids is 1. The maximum atomic E-state index is 12.7. The molecular formula is C18H22N2O4. The summed E-state index contributed by atoms with van der Waals surface area (Å²) in [7, 11) is 0. The van der Waals surface area contributed by atoms with Crippen LogP contribution < -0.4 is 4.74 Å². The molecule has 1 aliphatic rings. The van der Waals surface area contributed by atoms with Crippen molar-refractivity contribution in [1.29, 1.82) is 5.26 Å². The Balaban J connectivity index is 2.04. The topological polar surface area (TPSA) is 90.6 Å². The molecular weight excluding hydrogens is 308 g/mol. The van der Waals surface area contributed by atoms with Gasteiger partial charge in [-0.15, -0.1) is 0 Å². The first-order valence-corrected chi connectivity index (χ1v) is 8.21. The Morgan fingerprint density at radius 2 is 2.17 bits per heavy atom. The summed E-state index contributed by atoms with van der Waals surface area (Å²) in [5, 5.41) is 18.0. The summed E-state index contributed by atoms with van der Waals surface area (Å²) in [5.41, 5.74) is 0.387. The van der Waals surface area contributed by atoms with Crippen molar-refractivity contribution < 1.29 is 19.4 Å². The predicted molar refractivity (Wildman–Crippen MR) is 87.5 cm³/mol. The molecule has 0 radical (unpaired) electrons. The molecule has 1 aromatic carbocycles. The number of aliphatic carboxylic acids is 1. The minimum absolute atomic E-state index is 0.0559. The van der Waals surface area contributed by atoms with E-state index in [2.05, 4.69) is 0 Å². The van der Waals surface area contributed by atoms with Gasteiger partial charge in [0.15, 0.2) is 6.10 Å². The lowest BCUT2D eigenvalue weighted by Crippen LogP contribution is -2.49. The SMILES string of the molecule is C[C@@H](Oc1ccccc1C#N)C(=O)N1CCCC[C@H]1CCC(=O)O. The molecule has 0 spiro atoms. The highest BCUT2D eigenvalue weighted by Crippen LogP contribution is 2.24. The number of carbonyl (C=O) groups is 2. The summed E-state index contributed by atoms with van der Waals surface area (Å²) in [6, 6.07) is 8.79. The first-order valence-electron chi connectivity index (χ1n) is 8.21. The van der Waals surface area contributed by atoms with Gasteiger partial charge in [-0.3, -0.25) is 9.59 Å². The van der Waals surface area contributed by atoms with Gasteiger partial charge in [-0.2, -0.15) is 5.26 Å². The smallest absolute Gasteiger partial charge is 0.303 e. The van der Waals surface area contributed by atoms with Crippen LogP contribution in [0.2, 0.25) is 0 Å². The first kappa shape index (κ1) is 17.8. The Bertz CT molecular complexity index is 638. The number of carboxylic acids is 1. The molecule has 6 nitrogen and oxygen atoms in total. The van der Waals surface area contributed by atoms with Gasteiger partial charge in [0.1, 0.15) is 11.8 Å². The van der Waals surface area contributed by atoms with E-state index >= 15 is 0 Å². The molecule has 6 heteroatoms. The summed E-state index contributed by atoms with van der Waals surface area (Å²) in [5.74, 6) is -0.613. The Hall–Kier alpha value is -2.55. The highest BCUT2D eigenvalue weighted by molar-refractivity contribution is 5.81. The quantitative estimate of drug-likeness (QED) is 0.865. The van der Waals surface area contributed by atoms with Gasteiger partial charge < -0.3 is 14.7 Å². The lowest BCUT2D eigenvalue weighted by molar-refractivity contribution is -0.144. The molecule has 0 aromatic heterocycles. The summed E-state index contributed by atoms with van der Waals surface area (Å²) in [6.45, 7) is 2.29. The van der Waals surface area contributed by atoms with Crippen molar-refractivity contribution in [3.05, 3.63) is 29.8 Å². The molecule has 1 aliphatic heterocycles. The number of amides is 1. The second kappa shape index (κ2) is 8.34. The zero-order valence-corrected chi connectivity index (χ0v) is 13.8. The lowest BCUT2D eigenvalue weighted by Gasteiger charge is -2.37. The number of nitriles is 1. The molecule has 1 heterocycles. The van der Waals surface area contributed by atoms with Gasteiger partial charge in [0.25, 0.3) is 5.91 Å². The third kappa shape index (κ3) is 4.48. The van der Waals surface area contributed by atoms with Crippen LogP contribution in [-0.4, -0.2) is 40.6 Å². The van der Waals surface area contributed by atoms with E-state index in [0.717, 1.165) is 19.3 Å². The summed E-state index contributed by atoms with van der Waals surface area (Å²) >= 11 is 0. The van der Waals surface area contributed by atoms with Crippen LogP contribution in [-0.2, 0) is 9.59 Å². The molecule has 0 saturated carbocycles. The Morgan fingerprint density at radius 1 is 1.42 bits per heavy atom. The van der Waals surface area contributed by atoms with Gasteiger partial charge in [0.2, 0.25) is 0 Å². The second-order valence-corrected chi connectivity index (χ2v) is 5.98. The fraction of sp³-hybridized carbons (Fsp3) is 0.500. The highest BCUT2D eigenvalue weighted by Gasteiger charge is 2.31. The third-order valence-electron chi connectivity index (χ3n) is 4.26. The Kier molecular flexibility index (Phi) is 6.19. The van der Waals surface area contributed by atoms with Gasteiger partial charge in [-0.05, 0) is 44.7 Å². The van der Waals surface area contributed by atoms with E-state index < -0.39 is 12.1 Å². The van der Waals surface area contributed by atoms with Crippen LogP contribution in [0.1, 0.15) is 44.6 Å². The largest absolute Gasteiger partial charge is 0.481 e. The molecule has 1 saturated heterocycles. The third-order valence-corrected chi connectivity index (χ3v) is 4.26. The number of rotatable bonds is 6. The molecule has 2 rings (SSSR count). The monoisotopic (exact) mass is 330 g/mol. The average Bonchev–Trinajstić information content (AvgIpc) is 2.60. The number of benzene rings is 1. The van der Waals surface area contributed by atoms with Gasteiger partial charge in [0.05, 0.1) is 5.56 Å². The molecule has 0 bridgehead atoms. The van der Waals surface area contributed by atoms with Crippen LogP contribution in [0.15, 0.2) is 24.3 Å². The van der Waals surface area contributed by atoms with Crippen molar-refractivity contribution in [3.8, 4) is 11.8 Å². The molecule has 1 N–H and O–H groups in total. The van der Waals surface area contributed by atoms with E-state index in [4.69, 9.17) is 15.1 Å². The first-order chi connectivity index (χ1) is 11.5. The van der Waals surface area contributed by atoms with Gasteiger partial charge in [0, 0.05) is 19.0 Å². The van der Waals surface area contributed by atoms with Gasteiger partial charge in [-0.25, -0.2) is 0 Å². The highest BCUT2D eigenvalue weighted by atomic mass is 16.5. The maximum absolute atomic E-state index is 12.7. The van der Waals surface area contributed by atoms with Crippen molar-refractivity contribution in [2.75, 3.05) is 6.54 Å². The van der Waals surface area contributed by atoms with Crippen molar-refractivity contribution in [1.82, 2.24) is 4.90 Å². The number of nitrogens with zero attached hydrogens (tertiary/aromatic N) is 2. The number of para-hydroxylation sites is 1. The number of hydrogen-bond acceptors (Lipinski definition) is 4. The number of ether oxygens (including phenoxy) is 1. The molecule has 1 fully saturated rings. The number of hydrogen-bond donors (Lipinski definition) is 1. The maximum Gasteiger partial charge on any atom is 0.303 e. The molecule has 1 amide bonds. The minimum atomic E-state index is -0.847. The predicted octanol–water partition coefficient (Wildman–Crippen LogP) is 2.57. The molecule has 0 unspecified atom stereocenters. The normalized spacial score (nSPS) is 18.5. The van der Waals surface area contributed by atoms with Crippen LogP contribution in [0.3, 0.4) is 0 Å². The fourth-order valence-corrected chi connectivity index (χ4v) is 3.02.